The maximum Gasteiger partial charge on any atom is 0.125 e. The largest absolute Gasteiger partial charge is 0.379 e. The quantitative estimate of drug-likeness (QED) is 0.611. The Bertz CT molecular complexity index is 702. The maximum atomic E-state index is 9.51. The molecule has 0 unspecified atom stereocenters. The van der Waals surface area contributed by atoms with E-state index < -0.39 is 0 Å². The highest BCUT2D eigenvalue weighted by Gasteiger charge is 2.20. The summed E-state index contributed by atoms with van der Waals surface area (Å²) in [6, 6.07) is 2.31. The summed E-state index contributed by atoms with van der Waals surface area (Å²) in [5.41, 5.74) is 3.71. The number of hydrogen-bond donors (Lipinski definition) is 1. The monoisotopic (exact) mass is 341 g/mol. The van der Waals surface area contributed by atoms with Crippen molar-refractivity contribution in [1.29, 1.82) is 5.26 Å². The predicted molar refractivity (Wildman–Crippen MR) is 103 cm³/mol. The van der Waals surface area contributed by atoms with Crippen LogP contribution in [0.4, 0.5) is 5.82 Å². The zero-order chi connectivity index (χ0) is 18.2. The molecule has 1 saturated heterocycles. The van der Waals surface area contributed by atoms with Crippen LogP contribution in [0.5, 0.6) is 0 Å². The van der Waals surface area contributed by atoms with Gasteiger partial charge in [-0.15, -0.1) is 0 Å². The standard InChI is InChI=1S/C19H27N5O/c1-5-16(6-7-21-3)18-15(2)17(14-20)23(4)19(18)22-8-9-24-10-12-25-13-11-24/h5-7,22H,3,8-13H2,1-2,4H3/b7-6-,16-5+. The minimum absolute atomic E-state index is 0.670. The first-order chi connectivity index (χ1) is 12.1. The molecule has 25 heavy (non-hydrogen) atoms. The number of rotatable bonds is 7. The number of aliphatic imine (C=N–C) groups is 1. The molecule has 0 amide bonds. The Balaban J connectivity index is 2.24. The van der Waals surface area contributed by atoms with Crippen molar-refractivity contribution in [2.24, 2.45) is 12.0 Å². The van der Waals surface area contributed by atoms with E-state index in [1.807, 2.05) is 37.6 Å². The highest BCUT2D eigenvalue weighted by molar-refractivity contribution is 5.84. The van der Waals surface area contributed by atoms with Gasteiger partial charge in [-0.1, -0.05) is 6.08 Å². The summed E-state index contributed by atoms with van der Waals surface area (Å²) >= 11 is 0. The third-order valence-corrected chi connectivity index (χ3v) is 4.53. The van der Waals surface area contributed by atoms with Gasteiger partial charge in [0.2, 0.25) is 0 Å². The lowest BCUT2D eigenvalue weighted by atomic mass is 10.0. The first kappa shape index (κ1) is 19.0. The Morgan fingerprint density at radius 3 is 2.76 bits per heavy atom. The Kier molecular flexibility index (Phi) is 6.99. The lowest BCUT2D eigenvalue weighted by Crippen LogP contribution is -2.39. The van der Waals surface area contributed by atoms with E-state index in [2.05, 4.69) is 28.0 Å². The van der Waals surface area contributed by atoms with Gasteiger partial charge < -0.3 is 14.6 Å². The van der Waals surface area contributed by atoms with E-state index >= 15 is 0 Å². The van der Waals surface area contributed by atoms with Crippen molar-refractivity contribution in [3.05, 3.63) is 35.2 Å². The second kappa shape index (κ2) is 9.21. The molecule has 6 nitrogen and oxygen atoms in total. The molecule has 0 atom stereocenters. The fourth-order valence-electron chi connectivity index (χ4n) is 3.16. The summed E-state index contributed by atoms with van der Waals surface area (Å²) in [7, 11) is 1.93. The van der Waals surface area contributed by atoms with Gasteiger partial charge in [-0.05, 0) is 37.8 Å². The highest BCUT2D eigenvalue weighted by Crippen LogP contribution is 2.32. The Labute approximate surface area is 150 Å². The van der Waals surface area contributed by atoms with Gasteiger partial charge in [-0.25, -0.2) is 0 Å². The number of morpholine rings is 1. The lowest BCUT2D eigenvalue weighted by molar-refractivity contribution is 0.0398. The molecular formula is C19H27N5O. The predicted octanol–water partition coefficient (Wildman–Crippen LogP) is 2.57. The minimum atomic E-state index is 0.670. The number of allylic oxidation sites excluding steroid dienone is 3. The molecule has 6 heteroatoms. The maximum absolute atomic E-state index is 9.51. The molecule has 0 saturated carbocycles. The number of ether oxygens (including phenoxy) is 1. The number of nitrogens with one attached hydrogen (secondary N) is 1. The van der Waals surface area contributed by atoms with Crippen molar-refractivity contribution >= 4 is 18.1 Å². The molecule has 2 heterocycles. The van der Waals surface area contributed by atoms with E-state index in [0.717, 1.165) is 61.9 Å². The first-order valence-electron chi connectivity index (χ1n) is 8.56. The summed E-state index contributed by atoms with van der Waals surface area (Å²) in [4.78, 5) is 6.18. The van der Waals surface area contributed by atoms with Crippen molar-refractivity contribution in [1.82, 2.24) is 9.47 Å². The molecule has 0 aromatic carbocycles. The van der Waals surface area contributed by atoms with Gasteiger partial charge >= 0.3 is 0 Å². The van der Waals surface area contributed by atoms with Crippen molar-refractivity contribution in [2.45, 2.75) is 13.8 Å². The van der Waals surface area contributed by atoms with Crippen LogP contribution in [0.2, 0.25) is 0 Å². The molecular weight excluding hydrogens is 314 g/mol. The average molecular weight is 341 g/mol. The zero-order valence-corrected chi connectivity index (χ0v) is 15.4. The average Bonchev–Trinajstić information content (AvgIpc) is 2.87. The van der Waals surface area contributed by atoms with Crippen LogP contribution in [-0.4, -0.2) is 55.6 Å². The van der Waals surface area contributed by atoms with E-state index in [0.29, 0.717) is 5.69 Å². The molecule has 0 spiro atoms. The molecule has 0 bridgehead atoms. The molecule has 134 valence electrons. The van der Waals surface area contributed by atoms with Crippen LogP contribution < -0.4 is 5.32 Å². The summed E-state index contributed by atoms with van der Waals surface area (Å²) in [6.07, 6.45) is 5.62. The number of nitrogens with zero attached hydrogens (tertiary/aromatic N) is 4. The SMILES string of the molecule is C=N/C=C\C(=C/C)c1c(C)c(C#N)n(C)c1NCCN1CCOCC1. The third-order valence-electron chi connectivity index (χ3n) is 4.53. The zero-order valence-electron chi connectivity index (χ0n) is 15.4. The number of hydrogen-bond acceptors (Lipinski definition) is 5. The van der Waals surface area contributed by atoms with Crippen LogP contribution in [0, 0.1) is 18.3 Å². The molecule has 1 fully saturated rings. The summed E-state index contributed by atoms with van der Waals surface area (Å²) in [6.45, 7) is 12.8. The number of nitriles is 1. The highest BCUT2D eigenvalue weighted by atomic mass is 16.5. The number of anilines is 1. The molecule has 1 N–H and O–H groups in total. The van der Waals surface area contributed by atoms with Gasteiger partial charge in [0.15, 0.2) is 0 Å². The van der Waals surface area contributed by atoms with Crippen LogP contribution in [0.3, 0.4) is 0 Å². The van der Waals surface area contributed by atoms with Crippen LogP contribution >= 0.6 is 0 Å². The molecule has 0 radical (unpaired) electrons. The van der Waals surface area contributed by atoms with Crippen LogP contribution in [0.25, 0.3) is 5.57 Å². The second-order valence-electron chi connectivity index (χ2n) is 5.99. The van der Waals surface area contributed by atoms with Crippen molar-refractivity contribution in [3.63, 3.8) is 0 Å². The molecule has 1 aromatic heterocycles. The molecule has 1 aliphatic heterocycles. The van der Waals surface area contributed by atoms with E-state index in [1.165, 1.54) is 0 Å². The van der Waals surface area contributed by atoms with Gasteiger partial charge in [0.05, 0.1) is 13.2 Å². The topological polar surface area (TPSA) is 65.6 Å². The van der Waals surface area contributed by atoms with E-state index in [4.69, 9.17) is 4.74 Å². The van der Waals surface area contributed by atoms with Gasteiger partial charge in [-0.3, -0.25) is 9.89 Å². The van der Waals surface area contributed by atoms with Gasteiger partial charge in [0.25, 0.3) is 0 Å². The fourth-order valence-corrected chi connectivity index (χ4v) is 3.16. The summed E-state index contributed by atoms with van der Waals surface area (Å²) in [5, 5.41) is 13.0. The summed E-state index contributed by atoms with van der Waals surface area (Å²) < 4.78 is 7.32. The normalized spacial score (nSPS) is 16.2. The van der Waals surface area contributed by atoms with E-state index in [9.17, 15) is 5.26 Å². The Morgan fingerprint density at radius 2 is 2.16 bits per heavy atom. The molecule has 1 aliphatic rings. The fraction of sp³-hybridized carbons (Fsp3) is 0.474. The lowest BCUT2D eigenvalue weighted by Gasteiger charge is -2.26. The van der Waals surface area contributed by atoms with Crippen LogP contribution in [-0.2, 0) is 11.8 Å². The first-order valence-corrected chi connectivity index (χ1v) is 8.56. The van der Waals surface area contributed by atoms with Crippen LogP contribution in [0.1, 0.15) is 23.7 Å². The molecule has 0 aliphatic carbocycles. The summed E-state index contributed by atoms with van der Waals surface area (Å²) in [5.74, 6) is 0.962. The van der Waals surface area contributed by atoms with E-state index in [1.54, 1.807) is 6.20 Å². The smallest absolute Gasteiger partial charge is 0.125 e. The van der Waals surface area contributed by atoms with Crippen molar-refractivity contribution in [2.75, 3.05) is 44.7 Å². The van der Waals surface area contributed by atoms with Crippen molar-refractivity contribution in [3.8, 4) is 6.07 Å². The van der Waals surface area contributed by atoms with Gasteiger partial charge in [0.1, 0.15) is 17.6 Å². The second-order valence-corrected chi connectivity index (χ2v) is 5.99. The van der Waals surface area contributed by atoms with E-state index in [-0.39, 0.29) is 0 Å². The number of aromatic nitrogens is 1. The molecule has 2 rings (SSSR count). The van der Waals surface area contributed by atoms with Crippen molar-refractivity contribution < 1.29 is 4.74 Å². The Morgan fingerprint density at radius 1 is 1.44 bits per heavy atom. The van der Waals surface area contributed by atoms with Gasteiger partial charge in [0, 0.05) is 45.0 Å². The van der Waals surface area contributed by atoms with Crippen LogP contribution in [0.15, 0.2) is 23.3 Å². The third kappa shape index (κ3) is 4.38. The molecule has 1 aromatic rings. The Hall–Kier alpha value is -2.36. The minimum Gasteiger partial charge on any atom is -0.379 e. The van der Waals surface area contributed by atoms with Gasteiger partial charge in [-0.2, -0.15) is 5.26 Å².